The number of hydrogen-bond acceptors (Lipinski definition) is 8. The molecule has 42 heavy (non-hydrogen) atoms. The van der Waals surface area contributed by atoms with Gasteiger partial charge in [-0.2, -0.15) is 18.3 Å². The van der Waals surface area contributed by atoms with Gasteiger partial charge in [-0.1, -0.05) is 29.8 Å². The van der Waals surface area contributed by atoms with Gasteiger partial charge >= 0.3 is 6.18 Å². The molecule has 1 saturated heterocycles. The number of carbonyl (C=O) groups is 1. The van der Waals surface area contributed by atoms with Crippen molar-refractivity contribution >= 4 is 17.4 Å². The van der Waals surface area contributed by atoms with Crippen molar-refractivity contribution in [1.29, 1.82) is 0 Å². The molecule has 3 N–H and O–H groups in total. The zero-order chi connectivity index (χ0) is 30.0. The fourth-order valence-corrected chi connectivity index (χ4v) is 4.85. The van der Waals surface area contributed by atoms with E-state index in [-0.39, 0.29) is 29.7 Å². The molecule has 11 nitrogen and oxygen atoms in total. The first kappa shape index (κ1) is 29.2. The van der Waals surface area contributed by atoms with Crippen LogP contribution >= 0.6 is 0 Å². The van der Waals surface area contributed by atoms with Crippen LogP contribution in [0.15, 0.2) is 53.8 Å². The zero-order valence-electron chi connectivity index (χ0n) is 22.9. The van der Waals surface area contributed by atoms with Crippen LogP contribution in [0.3, 0.4) is 0 Å². The third kappa shape index (κ3) is 6.14. The molecule has 222 valence electrons. The minimum Gasteiger partial charge on any atom is -0.394 e. The molecule has 0 aliphatic carbocycles. The number of aliphatic hydroxyl groups excluding tert-OH is 1. The van der Waals surface area contributed by atoms with Gasteiger partial charge in [0.1, 0.15) is 23.4 Å². The molecule has 1 aliphatic heterocycles. The van der Waals surface area contributed by atoms with Crippen LogP contribution in [-0.2, 0) is 15.7 Å². The van der Waals surface area contributed by atoms with Gasteiger partial charge in [0.15, 0.2) is 0 Å². The van der Waals surface area contributed by atoms with Crippen molar-refractivity contribution in [2.45, 2.75) is 51.0 Å². The van der Waals surface area contributed by atoms with Crippen molar-refractivity contribution in [3.63, 3.8) is 0 Å². The van der Waals surface area contributed by atoms with E-state index in [9.17, 15) is 27.9 Å². The van der Waals surface area contributed by atoms with E-state index in [1.54, 1.807) is 12.1 Å². The summed E-state index contributed by atoms with van der Waals surface area (Å²) in [6.45, 7) is 4.07. The number of aliphatic hydroxyl groups is 1. The van der Waals surface area contributed by atoms with E-state index < -0.39 is 41.0 Å². The lowest BCUT2D eigenvalue weighted by Crippen LogP contribution is -2.39. The maximum absolute atomic E-state index is 13.9. The molecule has 0 bridgehead atoms. The molecular formula is C28H30F3N7O4. The van der Waals surface area contributed by atoms with Crippen LogP contribution in [0.5, 0.6) is 0 Å². The van der Waals surface area contributed by atoms with Crippen LogP contribution in [0.1, 0.15) is 48.5 Å². The summed E-state index contributed by atoms with van der Waals surface area (Å²) in [6.07, 6.45) is -0.282. The molecular weight excluding hydrogens is 555 g/mol. The molecule has 1 fully saturated rings. The Morgan fingerprint density at radius 1 is 1.24 bits per heavy atom. The first-order valence-electron chi connectivity index (χ1n) is 13.4. The van der Waals surface area contributed by atoms with Gasteiger partial charge in [0.05, 0.1) is 18.3 Å². The number of anilines is 1. The first-order valence-corrected chi connectivity index (χ1v) is 13.4. The lowest BCUT2D eigenvalue weighted by molar-refractivity contribution is -0.137. The van der Waals surface area contributed by atoms with Gasteiger partial charge in [-0.3, -0.25) is 14.2 Å². The lowest BCUT2D eigenvalue weighted by atomic mass is 10.0. The second-order valence-electron chi connectivity index (χ2n) is 10.2. The van der Waals surface area contributed by atoms with Crippen molar-refractivity contribution in [1.82, 2.24) is 29.5 Å². The predicted octanol–water partition coefficient (Wildman–Crippen LogP) is 3.28. The van der Waals surface area contributed by atoms with Gasteiger partial charge in [-0.05, 0) is 38.3 Å². The Kier molecular flexibility index (Phi) is 8.27. The van der Waals surface area contributed by atoms with Crippen molar-refractivity contribution in [2.24, 2.45) is 0 Å². The van der Waals surface area contributed by atoms with Gasteiger partial charge in [0.2, 0.25) is 11.9 Å². The third-order valence-electron chi connectivity index (χ3n) is 7.22. The molecule has 5 rings (SSSR count). The Morgan fingerprint density at radius 2 is 2.00 bits per heavy atom. The van der Waals surface area contributed by atoms with Gasteiger partial charge < -0.3 is 20.5 Å². The molecule has 14 heteroatoms. The van der Waals surface area contributed by atoms with Crippen molar-refractivity contribution in [3.8, 4) is 11.3 Å². The van der Waals surface area contributed by atoms with E-state index in [1.807, 2.05) is 19.1 Å². The molecule has 3 aromatic heterocycles. The highest BCUT2D eigenvalue weighted by molar-refractivity contribution is 5.80. The van der Waals surface area contributed by atoms with Crippen molar-refractivity contribution in [2.75, 3.05) is 25.1 Å². The fourth-order valence-electron chi connectivity index (χ4n) is 4.85. The Bertz CT molecular complexity index is 1650. The average molecular weight is 586 g/mol. The van der Waals surface area contributed by atoms with Crippen LogP contribution < -0.4 is 16.2 Å². The van der Waals surface area contributed by atoms with Crippen LogP contribution in [0.25, 0.3) is 16.8 Å². The summed E-state index contributed by atoms with van der Waals surface area (Å²) >= 11 is 0. The predicted molar refractivity (Wildman–Crippen MR) is 147 cm³/mol. The Labute approximate surface area is 238 Å². The molecule has 1 aliphatic rings. The molecule has 4 heterocycles. The van der Waals surface area contributed by atoms with Crippen molar-refractivity contribution < 1.29 is 27.8 Å². The molecule has 2 atom stereocenters. The number of rotatable bonds is 8. The highest BCUT2D eigenvalue weighted by Crippen LogP contribution is 2.36. The summed E-state index contributed by atoms with van der Waals surface area (Å²) in [6, 6.07) is 6.78. The SMILES string of the molecule is Cc1cccc([C@@H](CO)NC(=O)C(C)n2cnn3cc(-c4nc(NC5CCOCC5)ncc4C(F)(F)F)cc3c2=O)c1. The molecule has 4 aromatic rings. The van der Waals surface area contributed by atoms with E-state index in [4.69, 9.17) is 4.74 Å². The largest absolute Gasteiger partial charge is 0.419 e. The fraction of sp³-hybridized carbons (Fsp3) is 0.393. The molecule has 0 spiro atoms. The maximum Gasteiger partial charge on any atom is 0.419 e. The number of carbonyl (C=O) groups excluding carboxylic acids is 1. The van der Waals surface area contributed by atoms with Gasteiger partial charge in [0.25, 0.3) is 5.56 Å². The number of amides is 1. The molecule has 1 aromatic carbocycles. The quantitative estimate of drug-likeness (QED) is 0.287. The monoisotopic (exact) mass is 585 g/mol. The second-order valence-corrected chi connectivity index (χ2v) is 10.2. The number of halogens is 3. The smallest absolute Gasteiger partial charge is 0.394 e. The maximum atomic E-state index is 13.9. The van der Waals surface area contributed by atoms with Gasteiger partial charge in [0, 0.05) is 37.2 Å². The number of nitrogens with zero attached hydrogens (tertiary/aromatic N) is 5. The summed E-state index contributed by atoms with van der Waals surface area (Å²) in [5.41, 5.74) is -0.487. The number of alkyl halides is 3. The molecule has 1 unspecified atom stereocenters. The highest BCUT2D eigenvalue weighted by Gasteiger charge is 2.36. The van der Waals surface area contributed by atoms with Crippen LogP contribution in [0, 0.1) is 6.92 Å². The van der Waals surface area contributed by atoms with E-state index in [0.717, 1.165) is 27.2 Å². The van der Waals surface area contributed by atoms with Crippen molar-refractivity contribution in [3.05, 3.63) is 76.1 Å². The summed E-state index contributed by atoms with van der Waals surface area (Å²) in [5, 5.41) is 19.8. The van der Waals surface area contributed by atoms with Crippen LogP contribution in [0.2, 0.25) is 0 Å². The second kappa shape index (κ2) is 11.9. The van der Waals surface area contributed by atoms with Crippen LogP contribution in [-0.4, -0.2) is 61.0 Å². The third-order valence-corrected chi connectivity index (χ3v) is 7.22. The standard InChI is InChI=1S/C28H30F3N7O4/c1-16-4-3-5-18(10-16)22(14-39)35-25(40)17(2)37-15-33-38-13-19(11-23(38)26(37)41)24-21(28(29,30)31)12-32-27(36-24)34-20-6-8-42-9-7-20/h3-5,10-13,15,17,20,22,39H,6-9,14H2,1-2H3,(H,35,40)(H,32,34,36)/t17?,22-/m1/s1. The summed E-state index contributed by atoms with van der Waals surface area (Å²) < 4.78 is 49.3. The minimum absolute atomic E-state index is 0.0130. The summed E-state index contributed by atoms with van der Waals surface area (Å²) in [5.74, 6) is -0.516. The van der Waals surface area contributed by atoms with E-state index in [0.29, 0.717) is 31.6 Å². The van der Waals surface area contributed by atoms with Gasteiger partial charge in [-0.15, -0.1) is 0 Å². The Morgan fingerprint density at radius 3 is 2.69 bits per heavy atom. The van der Waals surface area contributed by atoms with Gasteiger partial charge in [-0.25, -0.2) is 14.5 Å². The molecule has 0 saturated carbocycles. The topological polar surface area (TPSA) is 136 Å². The average Bonchev–Trinajstić information content (AvgIpc) is 3.41. The van der Waals surface area contributed by atoms with E-state index in [1.165, 1.54) is 19.2 Å². The Hall–Kier alpha value is -4.30. The highest BCUT2D eigenvalue weighted by atomic mass is 19.4. The number of aryl methyl sites for hydroxylation is 1. The number of hydrogen-bond donors (Lipinski definition) is 3. The minimum atomic E-state index is -4.75. The number of benzene rings is 1. The first-order chi connectivity index (χ1) is 20.0. The van der Waals surface area contributed by atoms with E-state index >= 15 is 0 Å². The van der Waals surface area contributed by atoms with E-state index in [2.05, 4.69) is 25.7 Å². The number of ether oxygens (including phenoxy) is 1. The number of nitrogens with one attached hydrogen (secondary N) is 2. The zero-order valence-corrected chi connectivity index (χ0v) is 22.9. The molecule has 1 amide bonds. The Balaban J connectivity index is 1.45. The number of fused-ring (bicyclic) bond motifs is 1. The lowest BCUT2D eigenvalue weighted by Gasteiger charge is -2.23. The summed E-state index contributed by atoms with van der Waals surface area (Å²) in [4.78, 5) is 34.5. The van der Waals surface area contributed by atoms with Crippen LogP contribution in [0.4, 0.5) is 19.1 Å². The molecule has 0 radical (unpaired) electrons. The summed E-state index contributed by atoms with van der Waals surface area (Å²) in [7, 11) is 0. The normalized spacial score (nSPS) is 15.9. The number of aromatic nitrogens is 5.